The molecule has 0 bridgehead atoms. The predicted molar refractivity (Wildman–Crippen MR) is 101 cm³/mol. The third-order valence-electron chi connectivity index (χ3n) is 4.08. The Bertz CT molecular complexity index is 737. The van der Waals surface area contributed by atoms with Crippen LogP contribution in [-0.2, 0) is 4.74 Å². The molecule has 0 spiro atoms. The Morgan fingerprint density at radius 1 is 1.12 bits per heavy atom. The molecule has 6 heteroatoms. The number of halogens is 1. The highest BCUT2D eigenvalue weighted by Crippen LogP contribution is 2.43. The molecule has 0 saturated carbocycles. The molecule has 1 heterocycles. The van der Waals surface area contributed by atoms with E-state index >= 15 is 0 Å². The second-order valence-electron chi connectivity index (χ2n) is 5.53. The van der Waals surface area contributed by atoms with Crippen molar-refractivity contribution in [3.63, 3.8) is 0 Å². The fraction of sp³-hybridized carbons (Fsp3) is 0.421. The van der Waals surface area contributed by atoms with Crippen molar-refractivity contribution in [2.45, 2.75) is 27.0 Å². The Kier molecular flexibility index (Phi) is 6.51. The minimum absolute atomic E-state index is 0.398. The topological polar surface area (TPSA) is 49.3 Å². The maximum atomic E-state index is 6.27. The molecule has 1 aromatic rings. The smallest absolute Gasteiger partial charge is 0.203 e. The van der Waals surface area contributed by atoms with E-state index in [4.69, 9.17) is 30.5 Å². The molecule has 1 aromatic carbocycles. The molecule has 136 valence electrons. The fourth-order valence-electron chi connectivity index (χ4n) is 2.74. The quantitative estimate of drug-likeness (QED) is 0.751. The number of methoxy groups -OCH3 is 3. The average molecular weight is 366 g/mol. The number of dihydropyridines is 1. The molecule has 2 rings (SSSR count). The molecule has 0 aliphatic carbocycles. The summed E-state index contributed by atoms with van der Waals surface area (Å²) in [6.07, 6.45) is 3.22. The summed E-state index contributed by atoms with van der Waals surface area (Å²) >= 11 is 6.27. The Hall–Kier alpha value is -1.98. The Morgan fingerprint density at radius 3 is 2.36 bits per heavy atom. The van der Waals surface area contributed by atoms with Crippen LogP contribution in [0.15, 0.2) is 27.2 Å². The monoisotopic (exact) mass is 365 g/mol. The second-order valence-corrected chi connectivity index (χ2v) is 5.94. The molecule has 25 heavy (non-hydrogen) atoms. The van der Waals surface area contributed by atoms with Gasteiger partial charge in [-0.05, 0) is 44.1 Å². The summed E-state index contributed by atoms with van der Waals surface area (Å²) in [7, 11) is 4.79. The zero-order valence-corrected chi connectivity index (χ0v) is 16.2. The van der Waals surface area contributed by atoms with Crippen LogP contribution >= 0.6 is 11.6 Å². The summed E-state index contributed by atoms with van der Waals surface area (Å²) in [6, 6.07) is 1.91. The summed E-state index contributed by atoms with van der Waals surface area (Å²) < 4.78 is 22.2. The van der Waals surface area contributed by atoms with E-state index in [2.05, 4.69) is 4.99 Å². The van der Waals surface area contributed by atoms with Gasteiger partial charge in [-0.1, -0.05) is 11.6 Å². The Balaban J connectivity index is 2.67. The lowest BCUT2D eigenvalue weighted by Crippen LogP contribution is -2.18. The normalized spacial score (nSPS) is 18.7. The zero-order valence-electron chi connectivity index (χ0n) is 15.5. The highest BCUT2D eigenvalue weighted by molar-refractivity contribution is 6.40. The van der Waals surface area contributed by atoms with E-state index in [-0.39, 0.29) is 0 Å². The maximum absolute atomic E-state index is 6.27. The van der Waals surface area contributed by atoms with Crippen LogP contribution < -0.4 is 14.2 Å². The first-order valence-electron chi connectivity index (χ1n) is 8.01. The molecule has 0 aromatic heterocycles. The third kappa shape index (κ3) is 3.83. The van der Waals surface area contributed by atoms with Crippen molar-refractivity contribution in [2.24, 2.45) is 4.99 Å². The van der Waals surface area contributed by atoms with E-state index < -0.39 is 6.23 Å². The summed E-state index contributed by atoms with van der Waals surface area (Å²) in [5.41, 5.74) is 3.67. The number of hydrogen-bond donors (Lipinski definition) is 0. The van der Waals surface area contributed by atoms with E-state index in [0.29, 0.717) is 28.9 Å². The van der Waals surface area contributed by atoms with Gasteiger partial charge in [0, 0.05) is 24.0 Å². The van der Waals surface area contributed by atoms with Crippen LogP contribution in [-0.4, -0.2) is 40.4 Å². The van der Waals surface area contributed by atoms with E-state index in [1.807, 2.05) is 32.9 Å². The van der Waals surface area contributed by atoms with E-state index in [1.165, 1.54) is 0 Å². The molecule has 1 aliphatic rings. The number of aliphatic imine (C=N–C) groups is 1. The van der Waals surface area contributed by atoms with Crippen molar-refractivity contribution < 1.29 is 18.9 Å². The molecular weight excluding hydrogens is 342 g/mol. The lowest BCUT2D eigenvalue weighted by Gasteiger charge is -2.23. The van der Waals surface area contributed by atoms with Gasteiger partial charge in [-0.3, -0.25) is 4.99 Å². The average Bonchev–Trinajstić information content (AvgIpc) is 2.61. The van der Waals surface area contributed by atoms with Gasteiger partial charge < -0.3 is 18.9 Å². The molecule has 0 radical (unpaired) electrons. The molecule has 0 fully saturated rings. The van der Waals surface area contributed by atoms with Crippen LogP contribution in [0.3, 0.4) is 0 Å². The summed E-state index contributed by atoms with van der Waals surface area (Å²) in [5.74, 6) is 1.76. The summed E-state index contributed by atoms with van der Waals surface area (Å²) in [6.45, 7) is 6.42. The molecule has 0 N–H and O–H groups in total. The van der Waals surface area contributed by atoms with Gasteiger partial charge in [0.2, 0.25) is 5.75 Å². The minimum atomic E-state index is -0.398. The van der Waals surface area contributed by atoms with Crippen molar-refractivity contribution in [3.05, 3.63) is 33.4 Å². The molecule has 1 aliphatic heterocycles. The Morgan fingerprint density at radius 2 is 1.80 bits per heavy atom. The van der Waals surface area contributed by atoms with Crippen LogP contribution in [0.4, 0.5) is 0 Å². The van der Waals surface area contributed by atoms with Gasteiger partial charge in [0.1, 0.15) is 0 Å². The highest BCUT2D eigenvalue weighted by atomic mass is 35.5. The van der Waals surface area contributed by atoms with E-state index in [9.17, 15) is 0 Å². The molecule has 0 amide bonds. The number of nitrogens with zero attached hydrogens (tertiary/aromatic N) is 1. The molecule has 1 atom stereocenters. The largest absolute Gasteiger partial charge is 0.493 e. The van der Waals surface area contributed by atoms with Gasteiger partial charge in [0.25, 0.3) is 0 Å². The fourth-order valence-corrected chi connectivity index (χ4v) is 2.90. The van der Waals surface area contributed by atoms with Gasteiger partial charge in [0.15, 0.2) is 17.7 Å². The Labute approximate surface area is 153 Å². The maximum Gasteiger partial charge on any atom is 0.203 e. The lowest BCUT2D eigenvalue weighted by atomic mass is 9.97. The molecule has 1 unspecified atom stereocenters. The van der Waals surface area contributed by atoms with Crippen molar-refractivity contribution in [3.8, 4) is 17.2 Å². The van der Waals surface area contributed by atoms with Crippen LogP contribution in [0.2, 0.25) is 0 Å². The summed E-state index contributed by atoms with van der Waals surface area (Å²) in [4.78, 5) is 4.39. The number of hydrogen-bond acceptors (Lipinski definition) is 5. The number of ether oxygens (including phenoxy) is 4. The highest BCUT2D eigenvalue weighted by Gasteiger charge is 2.23. The molecular formula is C19H24ClNO4. The predicted octanol–water partition coefficient (Wildman–Crippen LogP) is 4.36. The first kappa shape index (κ1) is 19.3. The van der Waals surface area contributed by atoms with Crippen LogP contribution in [0.25, 0.3) is 6.08 Å². The molecule has 5 nitrogen and oxygen atoms in total. The van der Waals surface area contributed by atoms with Crippen molar-refractivity contribution in [1.29, 1.82) is 0 Å². The number of allylic oxidation sites excluding steroid dienone is 1. The first-order valence-corrected chi connectivity index (χ1v) is 8.38. The summed E-state index contributed by atoms with van der Waals surface area (Å²) in [5, 5.41) is 0.597. The van der Waals surface area contributed by atoms with E-state index in [1.54, 1.807) is 27.5 Å². The molecule has 0 saturated heterocycles. The van der Waals surface area contributed by atoms with Gasteiger partial charge in [-0.25, -0.2) is 0 Å². The van der Waals surface area contributed by atoms with Gasteiger partial charge in [-0.15, -0.1) is 0 Å². The van der Waals surface area contributed by atoms with Crippen molar-refractivity contribution in [2.75, 3.05) is 27.9 Å². The van der Waals surface area contributed by atoms with Crippen LogP contribution in [0.1, 0.15) is 25.0 Å². The SMILES string of the molecule is CCOC1N=CC(Cl)=C(C)C1=Cc1c(C)cc(OC)c(OC)c1OC. The van der Waals surface area contributed by atoms with E-state index in [0.717, 1.165) is 22.3 Å². The van der Waals surface area contributed by atoms with Crippen molar-refractivity contribution in [1.82, 2.24) is 0 Å². The van der Waals surface area contributed by atoms with Crippen molar-refractivity contribution >= 4 is 23.9 Å². The number of aryl methyl sites for hydroxylation is 1. The van der Waals surface area contributed by atoms with Gasteiger partial charge in [0.05, 0.1) is 26.4 Å². The third-order valence-corrected chi connectivity index (χ3v) is 4.46. The zero-order chi connectivity index (χ0) is 18.6. The lowest BCUT2D eigenvalue weighted by molar-refractivity contribution is 0.0966. The van der Waals surface area contributed by atoms with Crippen LogP contribution in [0.5, 0.6) is 17.2 Å². The second kappa shape index (κ2) is 8.41. The minimum Gasteiger partial charge on any atom is -0.493 e. The van der Waals surface area contributed by atoms with Gasteiger partial charge >= 0.3 is 0 Å². The first-order chi connectivity index (χ1) is 12.0. The number of benzene rings is 1. The number of rotatable bonds is 6. The van der Waals surface area contributed by atoms with Gasteiger partial charge in [-0.2, -0.15) is 0 Å². The van der Waals surface area contributed by atoms with Crippen LogP contribution in [0, 0.1) is 6.92 Å². The standard InChI is InChI=1S/C19H24ClNO4/c1-7-25-19-14(12(3)15(20)10-21-19)9-13-11(2)8-16(22-4)18(24-6)17(13)23-5/h8-10,19H,7H2,1-6H3.